The van der Waals surface area contributed by atoms with Crippen molar-refractivity contribution in [2.24, 2.45) is 0 Å². The van der Waals surface area contributed by atoms with Gasteiger partial charge in [-0.05, 0) is 28.8 Å². The lowest BCUT2D eigenvalue weighted by molar-refractivity contribution is 0.0636. The molecule has 28 heavy (non-hydrogen) atoms. The Bertz CT molecular complexity index is 914. The Morgan fingerprint density at radius 3 is 1.96 bits per heavy atom. The van der Waals surface area contributed by atoms with E-state index >= 15 is 0 Å². The van der Waals surface area contributed by atoms with Crippen LogP contribution in [0.25, 0.3) is 0 Å². The maximum absolute atomic E-state index is 9.12. The minimum Gasteiger partial charge on any atom is -0.296 e. The number of rotatable bonds is 5. The third kappa shape index (κ3) is 4.48. The number of nitrogens with zero attached hydrogens (tertiary/aromatic N) is 3. The monoisotopic (exact) mass is 367 g/mol. The molecule has 1 fully saturated rings. The van der Waals surface area contributed by atoms with Crippen molar-refractivity contribution in [2.75, 3.05) is 19.6 Å². The Morgan fingerprint density at radius 1 is 0.750 bits per heavy atom. The molecule has 3 aromatic carbocycles. The lowest BCUT2D eigenvalue weighted by Gasteiger charge is -2.42. The summed E-state index contributed by atoms with van der Waals surface area (Å²) in [6.07, 6.45) is 0. The standard InChI is InChI=1S/C25H25N3/c26-17-21-11-13-24(14-12-21)25-20-27(18-22-7-3-1-4-8-22)15-16-28(25)19-23-9-5-2-6-10-23/h1-14,25H,15-16,18-20H2/t25-/m1/s1. The van der Waals surface area contributed by atoms with Crippen molar-refractivity contribution in [3.8, 4) is 6.07 Å². The number of hydrogen-bond donors (Lipinski definition) is 0. The highest BCUT2D eigenvalue weighted by Gasteiger charge is 2.28. The predicted octanol–water partition coefficient (Wildman–Crippen LogP) is 4.62. The minimum absolute atomic E-state index is 0.324. The summed E-state index contributed by atoms with van der Waals surface area (Å²) < 4.78 is 0. The van der Waals surface area contributed by atoms with Gasteiger partial charge in [0.1, 0.15) is 0 Å². The van der Waals surface area contributed by atoms with E-state index in [9.17, 15) is 0 Å². The average Bonchev–Trinajstić information content (AvgIpc) is 2.76. The summed E-state index contributed by atoms with van der Waals surface area (Å²) in [5.41, 5.74) is 4.71. The zero-order valence-electron chi connectivity index (χ0n) is 16.0. The average molecular weight is 367 g/mol. The second kappa shape index (κ2) is 8.84. The fourth-order valence-corrected chi connectivity index (χ4v) is 3.97. The molecule has 1 atom stereocenters. The Hall–Kier alpha value is -2.93. The van der Waals surface area contributed by atoms with E-state index in [1.165, 1.54) is 16.7 Å². The molecule has 0 amide bonds. The molecule has 0 bridgehead atoms. The predicted molar refractivity (Wildman–Crippen MR) is 112 cm³/mol. The van der Waals surface area contributed by atoms with Gasteiger partial charge in [0.15, 0.2) is 0 Å². The Kier molecular flexibility index (Phi) is 5.82. The van der Waals surface area contributed by atoms with Crippen LogP contribution in [0.5, 0.6) is 0 Å². The Labute approximate surface area is 167 Å². The lowest BCUT2D eigenvalue weighted by Crippen LogP contribution is -2.47. The van der Waals surface area contributed by atoms with Crippen molar-refractivity contribution >= 4 is 0 Å². The van der Waals surface area contributed by atoms with Gasteiger partial charge >= 0.3 is 0 Å². The first kappa shape index (κ1) is 18.4. The molecule has 1 aliphatic heterocycles. The van der Waals surface area contributed by atoms with Crippen LogP contribution in [0.4, 0.5) is 0 Å². The highest BCUT2D eigenvalue weighted by atomic mass is 15.3. The zero-order valence-corrected chi connectivity index (χ0v) is 16.0. The molecule has 0 aliphatic carbocycles. The molecule has 0 saturated carbocycles. The first-order valence-electron chi connectivity index (χ1n) is 9.86. The van der Waals surface area contributed by atoms with Gasteiger partial charge in [-0.15, -0.1) is 0 Å². The highest BCUT2D eigenvalue weighted by molar-refractivity contribution is 5.33. The van der Waals surface area contributed by atoms with Gasteiger partial charge in [-0.2, -0.15) is 5.26 Å². The summed E-state index contributed by atoms with van der Waals surface area (Å²) >= 11 is 0. The normalized spacial score (nSPS) is 17.9. The molecule has 0 unspecified atom stereocenters. The van der Waals surface area contributed by atoms with Gasteiger partial charge in [-0.25, -0.2) is 0 Å². The van der Waals surface area contributed by atoms with Gasteiger partial charge in [0.25, 0.3) is 0 Å². The van der Waals surface area contributed by atoms with Gasteiger partial charge in [-0.3, -0.25) is 9.80 Å². The van der Waals surface area contributed by atoms with E-state index in [-0.39, 0.29) is 0 Å². The third-order valence-electron chi connectivity index (χ3n) is 5.48. The van der Waals surface area contributed by atoms with E-state index in [1.807, 2.05) is 12.1 Å². The van der Waals surface area contributed by atoms with Crippen LogP contribution >= 0.6 is 0 Å². The number of benzene rings is 3. The van der Waals surface area contributed by atoms with Crippen LogP contribution in [-0.2, 0) is 13.1 Å². The van der Waals surface area contributed by atoms with E-state index in [2.05, 4.69) is 88.7 Å². The van der Waals surface area contributed by atoms with Crippen LogP contribution in [0, 0.1) is 11.3 Å². The second-order valence-electron chi connectivity index (χ2n) is 7.43. The lowest BCUT2D eigenvalue weighted by atomic mass is 9.99. The number of hydrogen-bond acceptors (Lipinski definition) is 3. The van der Waals surface area contributed by atoms with Crippen molar-refractivity contribution in [3.05, 3.63) is 107 Å². The largest absolute Gasteiger partial charge is 0.296 e. The van der Waals surface area contributed by atoms with E-state index in [0.29, 0.717) is 6.04 Å². The number of piperazine rings is 1. The van der Waals surface area contributed by atoms with E-state index in [0.717, 1.165) is 38.3 Å². The van der Waals surface area contributed by atoms with Crippen molar-refractivity contribution in [2.45, 2.75) is 19.1 Å². The SMILES string of the molecule is N#Cc1ccc([C@H]2CN(Cc3ccccc3)CCN2Cc2ccccc2)cc1. The van der Waals surface area contributed by atoms with E-state index in [1.54, 1.807) is 0 Å². The van der Waals surface area contributed by atoms with Crippen molar-refractivity contribution in [1.29, 1.82) is 5.26 Å². The van der Waals surface area contributed by atoms with Gasteiger partial charge in [0, 0.05) is 38.8 Å². The smallest absolute Gasteiger partial charge is 0.0991 e. The fraction of sp³-hybridized carbons (Fsp3) is 0.240. The molecule has 0 aromatic heterocycles. The van der Waals surface area contributed by atoms with Gasteiger partial charge in [-0.1, -0.05) is 72.8 Å². The van der Waals surface area contributed by atoms with Gasteiger partial charge < -0.3 is 0 Å². The topological polar surface area (TPSA) is 30.3 Å². The summed E-state index contributed by atoms with van der Waals surface area (Å²) in [5, 5.41) is 9.12. The minimum atomic E-state index is 0.324. The van der Waals surface area contributed by atoms with Gasteiger partial charge in [0.05, 0.1) is 11.6 Å². The van der Waals surface area contributed by atoms with Crippen LogP contribution in [-0.4, -0.2) is 29.4 Å². The maximum atomic E-state index is 9.12. The quantitative estimate of drug-likeness (QED) is 0.659. The molecule has 0 spiro atoms. The van der Waals surface area contributed by atoms with E-state index in [4.69, 9.17) is 5.26 Å². The molecule has 3 heteroatoms. The van der Waals surface area contributed by atoms with Crippen molar-refractivity contribution in [1.82, 2.24) is 9.80 Å². The Morgan fingerprint density at radius 2 is 1.36 bits per heavy atom. The summed E-state index contributed by atoms with van der Waals surface area (Å²) in [4.78, 5) is 5.11. The molecule has 0 N–H and O–H groups in total. The molecule has 1 heterocycles. The molecule has 140 valence electrons. The second-order valence-corrected chi connectivity index (χ2v) is 7.43. The summed E-state index contributed by atoms with van der Waals surface area (Å²) in [7, 11) is 0. The maximum Gasteiger partial charge on any atom is 0.0991 e. The molecular weight excluding hydrogens is 342 g/mol. The molecule has 4 rings (SSSR count). The summed E-state index contributed by atoms with van der Waals surface area (Å²) in [5.74, 6) is 0. The van der Waals surface area contributed by atoms with Crippen LogP contribution in [0.15, 0.2) is 84.9 Å². The first-order chi connectivity index (χ1) is 13.8. The fourth-order valence-electron chi connectivity index (χ4n) is 3.97. The van der Waals surface area contributed by atoms with Crippen LogP contribution < -0.4 is 0 Å². The van der Waals surface area contributed by atoms with Crippen LogP contribution in [0.2, 0.25) is 0 Å². The first-order valence-corrected chi connectivity index (χ1v) is 9.86. The Balaban J connectivity index is 1.55. The highest BCUT2D eigenvalue weighted by Crippen LogP contribution is 2.28. The molecular formula is C25H25N3. The van der Waals surface area contributed by atoms with Crippen LogP contribution in [0.1, 0.15) is 28.3 Å². The number of nitriles is 1. The van der Waals surface area contributed by atoms with Gasteiger partial charge in [0.2, 0.25) is 0 Å². The van der Waals surface area contributed by atoms with Crippen molar-refractivity contribution in [3.63, 3.8) is 0 Å². The zero-order chi connectivity index (χ0) is 19.2. The summed E-state index contributed by atoms with van der Waals surface area (Å²) in [6, 6.07) is 32.0. The molecule has 0 radical (unpaired) electrons. The summed E-state index contributed by atoms with van der Waals surface area (Å²) in [6.45, 7) is 5.02. The molecule has 3 nitrogen and oxygen atoms in total. The molecule has 1 saturated heterocycles. The molecule has 1 aliphatic rings. The van der Waals surface area contributed by atoms with E-state index < -0.39 is 0 Å². The van der Waals surface area contributed by atoms with Crippen LogP contribution in [0.3, 0.4) is 0 Å². The molecule has 3 aromatic rings. The van der Waals surface area contributed by atoms with Crippen molar-refractivity contribution < 1.29 is 0 Å². The third-order valence-corrected chi connectivity index (χ3v) is 5.48.